The van der Waals surface area contributed by atoms with Crippen LogP contribution in [0.4, 0.5) is 56.9 Å². The Bertz CT molecular complexity index is 2920. The number of anilines is 10. The van der Waals surface area contributed by atoms with E-state index in [9.17, 15) is 0 Å². The van der Waals surface area contributed by atoms with Crippen LogP contribution in [-0.4, -0.2) is 0 Å². The zero-order valence-corrected chi connectivity index (χ0v) is 36.7. The van der Waals surface area contributed by atoms with Crippen LogP contribution in [0, 0.1) is 5.92 Å². The van der Waals surface area contributed by atoms with E-state index < -0.39 is 0 Å². The Kier molecular flexibility index (Phi) is 12.0. The van der Waals surface area contributed by atoms with E-state index in [1.807, 2.05) is 0 Å². The maximum atomic E-state index is 2.35. The fraction of sp³-hybridized carbons (Fsp3) is 0.0820. The number of allylic oxidation sites excluding steroid dienone is 6. The van der Waals surface area contributed by atoms with Crippen molar-refractivity contribution in [3.63, 3.8) is 0 Å². The van der Waals surface area contributed by atoms with Crippen LogP contribution in [0.3, 0.4) is 0 Å². The van der Waals surface area contributed by atoms with E-state index in [-0.39, 0.29) is 0 Å². The summed E-state index contributed by atoms with van der Waals surface area (Å²) >= 11 is 0. The fourth-order valence-corrected chi connectivity index (χ4v) is 8.85. The van der Waals surface area contributed by atoms with Crippen LogP contribution in [0.15, 0.2) is 266 Å². The van der Waals surface area contributed by atoms with Gasteiger partial charge in [0.2, 0.25) is 0 Å². The van der Waals surface area contributed by atoms with Gasteiger partial charge in [-0.2, -0.15) is 0 Å². The molecule has 0 saturated heterocycles. The Balaban J connectivity index is 0.925. The third kappa shape index (κ3) is 9.07. The summed E-state index contributed by atoms with van der Waals surface area (Å²) in [5.74, 6) is 0.545. The average molecular weight is 841 g/mol. The predicted molar refractivity (Wildman–Crippen MR) is 276 cm³/mol. The van der Waals surface area contributed by atoms with Crippen molar-refractivity contribution in [1.82, 2.24) is 0 Å². The Morgan fingerprint density at radius 3 is 0.938 bits per heavy atom. The van der Waals surface area contributed by atoms with Gasteiger partial charge in [-0.05, 0) is 170 Å². The molecule has 0 spiro atoms. The van der Waals surface area contributed by atoms with Crippen LogP contribution in [0.25, 0.3) is 11.1 Å². The maximum Gasteiger partial charge on any atom is 0.0463 e. The number of para-hydroxylation sites is 4. The molecule has 10 rings (SSSR count). The molecular weight excluding hydrogens is 789 g/mol. The normalized spacial score (nSPS) is 14.3. The summed E-state index contributed by atoms with van der Waals surface area (Å²) in [6.45, 7) is 2.27. The molecule has 0 N–H and O–H groups in total. The molecule has 0 amide bonds. The minimum atomic E-state index is 0.545. The van der Waals surface area contributed by atoms with E-state index in [0.29, 0.717) is 5.92 Å². The predicted octanol–water partition coefficient (Wildman–Crippen LogP) is 17.3. The molecule has 2 aliphatic rings. The number of hydrogen-bond acceptors (Lipinski definition) is 4. The van der Waals surface area contributed by atoms with Gasteiger partial charge in [0.1, 0.15) is 0 Å². The van der Waals surface area contributed by atoms with Crippen LogP contribution in [0.2, 0.25) is 0 Å². The van der Waals surface area contributed by atoms with Gasteiger partial charge in [0.25, 0.3) is 0 Å². The van der Waals surface area contributed by atoms with Crippen LogP contribution < -0.4 is 19.6 Å². The van der Waals surface area contributed by atoms with Gasteiger partial charge in [0.05, 0.1) is 0 Å². The molecule has 65 heavy (non-hydrogen) atoms. The average Bonchev–Trinajstić information content (AvgIpc) is 3.38. The lowest BCUT2D eigenvalue weighted by Crippen LogP contribution is -2.17. The van der Waals surface area contributed by atoms with Crippen molar-refractivity contribution in [3.8, 4) is 11.1 Å². The van der Waals surface area contributed by atoms with Crippen molar-refractivity contribution in [2.45, 2.75) is 26.2 Å². The second kappa shape index (κ2) is 19.1. The van der Waals surface area contributed by atoms with Crippen molar-refractivity contribution in [2.24, 2.45) is 5.92 Å². The summed E-state index contributed by atoms with van der Waals surface area (Å²) in [5, 5.41) is 0. The minimum Gasteiger partial charge on any atom is -0.311 e. The Morgan fingerprint density at radius 2 is 0.615 bits per heavy atom. The third-order valence-corrected chi connectivity index (χ3v) is 12.2. The molecular formula is C61H52N4. The molecule has 4 nitrogen and oxygen atoms in total. The van der Waals surface area contributed by atoms with Gasteiger partial charge in [-0.25, -0.2) is 0 Å². The van der Waals surface area contributed by atoms with Crippen molar-refractivity contribution in [3.05, 3.63) is 266 Å². The van der Waals surface area contributed by atoms with Crippen LogP contribution >= 0.6 is 0 Å². The van der Waals surface area contributed by atoms with Crippen molar-refractivity contribution in [1.29, 1.82) is 0 Å². The first kappa shape index (κ1) is 41.0. The first-order valence-corrected chi connectivity index (χ1v) is 22.7. The molecule has 2 aliphatic carbocycles. The van der Waals surface area contributed by atoms with Crippen LogP contribution in [-0.2, 0) is 0 Å². The van der Waals surface area contributed by atoms with E-state index >= 15 is 0 Å². The molecule has 316 valence electrons. The van der Waals surface area contributed by atoms with Gasteiger partial charge >= 0.3 is 0 Å². The van der Waals surface area contributed by atoms with Gasteiger partial charge in [-0.3, -0.25) is 0 Å². The monoisotopic (exact) mass is 840 g/mol. The molecule has 8 aromatic carbocycles. The Morgan fingerprint density at radius 1 is 0.308 bits per heavy atom. The van der Waals surface area contributed by atoms with E-state index in [1.165, 1.54) is 11.4 Å². The minimum absolute atomic E-state index is 0.545. The summed E-state index contributed by atoms with van der Waals surface area (Å²) in [6, 6.07) is 78.3. The quantitative estimate of drug-likeness (QED) is 0.115. The Labute approximate surface area is 384 Å². The summed E-state index contributed by atoms with van der Waals surface area (Å²) in [6.07, 6.45) is 16.9. The van der Waals surface area contributed by atoms with Crippen molar-refractivity contribution < 1.29 is 0 Å². The van der Waals surface area contributed by atoms with E-state index in [2.05, 4.69) is 281 Å². The van der Waals surface area contributed by atoms with E-state index in [1.54, 1.807) is 0 Å². The molecule has 0 radical (unpaired) electrons. The fourth-order valence-electron chi connectivity index (χ4n) is 8.85. The van der Waals surface area contributed by atoms with Gasteiger partial charge < -0.3 is 19.6 Å². The van der Waals surface area contributed by atoms with Gasteiger partial charge in [-0.1, -0.05) is 128 Å². The highest BCUT2D eigenvalue weighted by molar-refractivity contribution is 5.83. The second-order valence-electron chi connectivity index (χ2n) is 16.6. The molecule has 0 aliphatic heterocycles. The second-order valence-corrected chi connectivity index (χ2v) is 16.6. The maximum absolute atomic E-state index is 2.35. The van der Waals surface area contributed by atoms with Crippen molar-refractivity contribution >= 4 is 56.9 Å². The molecule has 0 bridgehead atoms. The zero-order chi connectivity index (χ0) is 43.8. The lowest BCUT2D eigenvalue weighted by Gasteiger charge is -2.30. The molecule has 0 aromatic heterocycles. The van der Waals surface area contributed by atoms with Gasteiger partial charge in [0, 0.05) is 68.3 Å². The first-order valence-electron chi connectivity index (χ1n) is 22.7. The highest BCUT2D eigenvalue weighted by Crippen LogP contribution is 2.41. The highest BCUT2D eigenvalue weighted by atomic mass is 15.2. The topological polar surface area (TPSA) is 13.0 Å². The molecule has 1 atom stereocenters. The SMILES string of the molecule is CC1C=CC(N(c2ccccc2)c2ccc(N(c3ccccc3)c3ccc(-c4ccc(N(c5ccccc5)c5ccc(N(C6=CCCC=C6)c6ccccc6)cc5)cc4)cc3)cc2)=CC1. The van der Waals surface area contributed by atoms with E-state index in [0.717, 1.165) is 87.3 Å². The summed E-state index contributed by atoms with van der Waals surface area (Å²) in [5.41, 5.74) is 15.9. The highest BCUT2D eigenvalue weighted by Gasteiger charge is 2.20. The molecule has 4 heteroatoms. The summed E-state index contributed by atoms with van der Waals surface area (Å²) in [7, 11) is 0. The number of benzene rings is 8. The number of rotatable bonds is 13. The molecule has 0 heterocycles. The lowest BCUT2D eigenvalue weighted by atomic mass is 10.0. The van der Waals surface area contributed by atoms with Gasteiger partial charge in [-0.15, -0.1) is 0 Å². The smallest absolute Gasteiger partial charge is 0.0463 e. The molecule has 8 aromatic rings. The molecule has 0 fully saturated rings. The van der Waals surface area contributed by atoms with Crippen molar-refractivity contribution in [2.75, 3.05) is 19.6 Å². The Hall–Kier alpha value is -8.08. The largest absolute Gasteiger partial charge is 0.311 e. The molecule has 0 saturated carbocycles. The van der Waals surface area contributed by atoms with E-state index in [4.69, 9.17) is 0 Å². The standard InChI is InChI=1S/C61H52N4/c1-47-27-33-55(34-28-47)63(52-21-11-4-12-22-52)59-43-45-61(46-44-59)65(54-25-15-6-16-26-54)57-37-31-49(32-38-57)48-29-35-56(36-30-48)64(53-23-13-5-14-24-53)60-41-39-58(40-42-60)62(50-17-7-2-8-18-50)51-19-9-3-10-20-51/h2,4-9,11-27,29-47H,3,10,28H2,1H3. The number of hydrogen-bond donors (Lipinski definition) is 0. The lowest BCUT2D eigenvalue weighted by molar-refractivity contribution is 0.728. The van der Waals surface area contributed by atoms with Crippen LogP contribution in [0.1, 0.15) is 26.2 Å². The van der Waals surface area contributed by atoms with Crippen LogP contribution in [0.5, 0.6) is 0 Å². The number of nitrogens with zero attached hydrogens (tertiary/aromatic N) is 4. The molecule has 1 unspecified atom stereocenters. The zero-order valence-electron chi connectivity index (χ0n) is 36.7. The first-order chi connectivity index (χ1) is 32.2. The third-order valence-electron chi connectivity index (χ3n) is 12.2. The summed E-state index contributed by atoms with van der Waals surface area (Å²) in [4.78, 5) is 9.35. The summed E-state index contributed by atoms with van der Waals surface area (Å²) < 4.78 is 0. The van der Waals surface area contributed by atoms with Gasteiger partial charge in [0.15, 0.2) is 0 Å².